The molecule has 5 nitrogen and oxygen atoms in total. The molecule has 2 aromatic heterocycles. The number of hydrogen-bond acceptors (Lipinski definition) is 3. The van der Waals surface area contributed by atoms with Gasteiger partial charge in [-0.15, -0.1) is 0 Å². The summed E-state index contributed by atoms with van der Waals surface area (Å²) in [5.41, 5.74) is 2.04. The highest BCUT2D eigenvalue weighted by Crippen LogP contribution is 2.27. The fourth-order valence-corrected chi connectivity index (χ4v) is 4.02. The standard InChI is InChI=1S/C23H25FN4O/c24-21-5-1-3-18(15-21)6-7-22(29)27-13-2-4-20(17-27)23-26-12-14-28(23)16-19-8-10-25-11-9-19/h1,3,5,8-12,14-15,20H,2,4,6-7,13,16-17H2/t20-/m1/s1. The Bertz CT molecular complexity index is 956. The summed E-state index contributed by atoms with van der Waals surface area (Å²) < 4.78 is 15.5. The molecule has 150 valence electrons. The van der Waals surface area contributed by atoms with E-state index in [0.717, 1.165) is 37.3 Å². The van der Waals surface area contributed by atoms with Crippen LogP contribution in [0.3, 0.4) is 0 Å². The van der Waals surface area contributed by atoms with Crippen molar-refractivity contribution in [1.82, 2.24) is 19.4 Å². The van der Waals surface area contributed by atoms with Gasteiger partial charge in [-0.2, -0.15) is 0 Å². The zero-order chi connectivity index (χ0) is 20.1. The first kappa shape index (κ1) is 19.3. The number of amides is 1. The minimum atomic E-state index is -0.256. The van der Waals surface area contributed by atoms with Crippen LogP contribution in [0.15, 0.2) is 61.2 Å². The van der Waals surface area contributed by atoms with Gasteiger partial charge in [0.1, 0.15) is 11.6 Å². The van der Waals surface area contributed by atoms with Crippen molar-refractivity contribution in [2.45, 2.75) is 38.1 Å². The first-order chi connectivity index (χ1) is 14.2. The van der Waals surface area contributed by atoms with Crippen molar-refractivity contribution in [2.75, 3.05) is 13.1 Å². The maximum Gasteiger partial charge on any atom is 0.222 e. The number of carbonyl (C=O) groups is 1. The van der Waals surface area contributed by atoms with Crippen LogP contribution in [0.2, 0.25) is 0 Å². The molecule has 1 aliphatic heterocycles. The zero-order valence-electron chi connectivity index (χ0n) is 16.4. The van der Waals surface area contributed by atoms with Gasteiger partial charge >= 0.3 is 0 Å². The Morgan fingerprint density at radius 2 is 2.00 bits per heavy atom. The Labute approximate surface area is 170 Å². The van der Waals surface area contributed by atoms with E-state index in [-0.39, 0.29) is 17.6 Å². The second-order valence-electron chi connectivity index (χ2n) is 7.58. The molecule has 3 aromatic rings. The molecule has 29 heavy (non-hydrogen) atoms. The summed E-state index contributed by atoms with van der Waals surface area (Å²) >= 11 is 0. The van der Waals surface area contributed by atoms with Gasteiger partial charge in [-0.05, 0) is 54.7 Å². The van der Waals surface area contributed by atoms with E-state index in [1.807, 2.05) is 35.5 Å². The van der Waals surface area contributed by atoms with Crippen LogP contribution in [0.1, 0.15) is 42.1 Å². The number of pyridine rings is 1. The molecule has 0 bridgehead atoms. The SMILES string of the molecule is O=C(CCc1cccc(F)c1)N1CCC[C@@H](c2nccn2Cc2ccncc2)C1. The van der Waals surface area contributed by atoms with Gasteiger partial charge in [-0.1, -0.05) is 12.1 Å². The summed E-state index contributed by atoms with van der Waals surface area (Å²) in [7, 11) is 0. The van der Waals surface area contributed by atoms with Gasteiger partial charge in [0.2, 0.25) is 5.91 Å². The lowest BCUT2D eigenvalue weighted by molar-refractivity contribution is -0.132. The normalized spacial score (nSPS) is 16.7. The Morgan fingerprint density at radius 3 is 2.83 bits per heavy atom. The Morgan fingerprint density at radius 1 is 1.14 bits per heavy atom. The number of likely N-dealkylation sites (tertiary alicyclic amines) is 1. The molecule has 1 aromatic carbocycles. The Hall–Kier alpha value is -3.02. The summed E-state index contributed by atoms with van der Waals surface area (Å²) in [5, 5.41) is 0. The summed E-state index contributed by atoms with van der Waals surface area (Å²) in [5.74, 6) is 1.14. The highest BCUT2D eigenvalue weighted by molar-refractivity contribution is 5.76. The number of benzene rings is 1. The number of hydrogen-bond donors (Lipinski definition) is 0. The third kappa shape index (κ3) is 4.88. The number of aromatic nitrogens is 3. The van der Waals surface area contributed by atoms with Crippen LogP contribution in [-0.2, 0) is 17.8 Å². The van der Waals surface area contributed by atoms with Crippen LogP contribution in [0.4, 0.5) is 4.39 Å². The van der Waals surface area contributed by atoms with Crippen LogP contribution >= 0.6 is 0 Å². The topological polar surface area (TPSA) is 51.0 Å². The predicted octanol–water partition coefficient (Wildman–Crippen LogP) is 3.80. The van der Waals surface area contributed by atoms with E-state index in [1.54, 1.807) is 18.5 Å². The third-order valence-corrected chi connectivity index (χ3v) is 5.51. The Balaban J connectivity index is 1.38. The second-order valence-corrected chi connectivity index (χ2v) is 7.58. The summed E-state index contributed by atoms with van der Waals surface area (Å²) in [6.45, 7) is 2.22. The molecule has 0 saturated carbocycles. The van der Waals surface area contributed by atoms with E-state index in [4.69, 9.17) is 0 Å². The van der Waals surface area contributed by atoms with Crippen molar-refractivity contribution < 1.29 is 9.18 Å². The fraction of sp³-hybridized carbons (Fsp3) is 0.348. The largest absolute Gasteiger partial charge is 0.342 e. The minimum Gasteiger partial charge on any atom is -0.342 e. The van der Waals surface area contributed by atoms with Crippen molar-refractivity contribution in [3.63, 3.8) is 0 Å². The van der Waals surface area contributed by atoms with Crippen LogP contribution in [0, 0.1) is 5.82 Å². The molecule has 4 rings (SSSR count). The van der Waals surface area contributed by atoms with Gasteiger partial charge in [-0.25, -0.2) is 9.37 Å². The van der Waals surface area contributed by atoms with Crippen LogP contribution in [0.5, 0.6) is 0 Å². The molecule has 1 aliphatic rings. The molecular formula is C23H25FN4O. The number of piperidine rings is 1. The van der Waals surface area contributed by atoms with E-state index in [1.165, 1.54) is 17.7 Å². The predicted molar refractivity (Wildman–Crippen MR) is 109 cm³/mol. The van der Waals surface area contributed by atoms with E-state index < -0.39 is 0 Å². The van der Waals surface area contributed by atoms with Crippen LogP contribution in [-0.4, -0.2) is 38.4 Å². The summed E-state index contributed by atoms with van der Waals surface area (Å²) in [6.07, 6.45) is 10.4. The lowest BCUT2D eigenvalue weighted by atomic mass is 9.96. The number of aryl methyl sites for hydroxylation is 1. The van der Waals surface area contributed by atoms with E-state index in [2.05, 4.69) is 14.5 Å². The molecule has 0 radical (unpaired) electrons. The average molecular weight is 392 g/mol. The number of rotatable bonds is 6. The van der Waals surface area contributed by atoms with Gasteiger partial charge in [0.15, 0.2) is 0 Å². The number of nitrogens with zero attached hydrogens (tertiary/aromatic N) is 4. The molecule has 0 N–H and O–H groups in total. The van der Waals surface area contributed by atoms with Crippen molar-refractivity contribution in [1.29, 1.82) is 0 Å². The monoisotopic (exact) mass is 392 g/mol. The van der Waals surface area contributed by atoms with Crippen molar-refractivity contribution in [3.8, 4) is 0 Å². The lowest BCUT2D eigenvalue weighted by Gasteiger charge is -2.33. The quantitative estimate of drug-likeness (QED) is 0.641. The summed E-state index contributed by atoms with van der Waals surface area (Å²) in [6, 6.07) is 10.5. The van der Waals surface area contributed by atoms with Gasteiger partial charge in [0.25, 0.3) is 0 Å². The lowest BCUT2D eigenvalue weighted by Crippen LogP contribution is -2.39. The second kappa shape index (κ2) is 8.99. The molecule has 1 fully saturated rings. The smallest absolute Gasteiger partial charge is 0.222 e. The number of carbonyl (C=O) groups excluding carboxylic acids is 1. The molecule has 3 heterocycles. The van der Waals surface area contributed by atoms with Crippen LogP contribution < -0.4 is 0 Å². The van der Waals surface area contributed by atoms with Gasteiger partial charge in [0, 0.05) is 56.8 Å². The maximum atomic E-state index is 13.3. The highest BCUT2D eigenvalue weighted by Gasteiger charge is 2.27. The van der Waals surface area contributed by atoms with Gasteiger partial charge in [0.05, 0.1) is 0 Å². The minimum absolute atomic E-state index is 0.131. The molecular weight excluding hydrogens is 367 g/mol. The molecule has 1 amide bonds. The van der Waals surface area contributed by atoms with Crippen molar-refractivity contribution in [2.24, 2.45) is 0 Å². The number of imidazole rings is 1. The molecule has 0 aliphatic carbocycles. The van der Waals surface area contributed by atoms with Gasteiger partial charge < -0.3 is 9.47 Å². The summed E-state index contributed by atoms with van der Waals surface area (Å²) in [4.78, 5) is 23.4. The molecule has 1 saturated heterocycles. The first-order valence-electron chi connectivity index (χ1n) is 10.1. The molecule has 0 spiro atoms. The third-order valence-electron chi connectivity index (χ3n) is 5.51. The average Bonchev–Trinajstić information content (AvgIpc) is 3.21. The first-order valence-corrected chi connectivity index (χ1v) is 10.1. The Kier molecular flexibility index (Phi) is 5.98. The molecule has 0 unspecified atom stereocenters. The van der Waals surface area contributed by atoms with E-state index in [0.29, 0.717) is 19.4 Å². The van der Waals surface area contributed by atoms with Crippen molar-refractivity contribution >= 4 is 5.91 Å². The van der Waals surface area contributed by atoms with Crippen LogP contribution in [0.25, 0.3) is 0 Å². The maximum absolute atomic E-state index is 13.3. The zero-order valence-corrected chi connectivity index (χ0v) is 16.4. The molecule has 6 heteroatoms. The highest BCUT2D eigenvalue weighted by atomic mass is 19.1. The number of halogens is 1. The molecule has 1 atom stereocenters. The fourth-order valence-electron chi connectivity index (χ4n) is 4.02. The van der Waals surface area contributed by atoms with Gasteiger partial charge in [-0.3, -0.25) is 9.78 Å². The van der Waals surface area contributed by atoms with Crippen molar-refractivity contribution in [3.05, 3.63) is 84.0 Å². The van der Waals surface area contributed by atoms with E-state index in [9.17, 15) is 9.18 Å². The van der Waals surface area contributed by atoms with E-state index >= 15 is 0 Å².